The van der Waals surface area contributed by atoms with Crippen molar-refractivity contribution in [1.29, 1.82) is 0 Å². The van der Waals surface area contributed by atoms with Gasteiger partial charge in [-0.15, -0.1) is 0 Å². The van der Waals surface area contributed by atoms with E-state index >= 15 is 0 Å². The fourth-order valence-electron chi connectivity index (χ4n) is 3.93. The van der Waals surface area contributed by atoms with Gasteiger partial charge in [0, 0.05) is 6.42 Å². The van der Waals surface area contributed by atoms with Gasteiger partial charge in [0.05, 0.1) is 5.92 Å². The summed E-state index contributed by atoms with van der Waals surface area (Å²) in [4.78, 5) is 24.1. The molecule has 0 aliphatic rings. The zero-order valence-corrected chi connectivity index (χ0v) is 18.7. The van der Waals surface area contributed by atoms with E-state index in [-0.39, 0.29) is 5.78 Å². The van der Waals surface area contributed by atoms with Crippen LogP contribution in [0.1, 0.15) is 109 Å². The minimum atomic E-state index is -0.632. The molecule has 1 aromatic carbocycles. The standard InChI is InChI=1S/C26H43NO2/c1-2-3-4-5-6-7-8-9-10-11-12-13-14-18-21-24(26(27)29)25(28)22-23-19-16-15-17-20-23/h15-17,19-20,24H,2-14,18,21-22H2,1H3,(H2,27,29). The number of carbonyl (C=O) groups is 2. The molecule has 0 bridgehead atoms. The summed E-state index contributed by atoms with van der Waals surface area (Å²) < 4.78 is 0. The van der Waals surface area contributed by atoms with Gasteiger partial charge in [-0.3, -0.25) is 9.59 Å². The molecule has 1 atom stereocenters. The highest BCUT2D eigenvalue weighted by Crippen LogP contribution is 2.17. The number of amides is 1. The van der Waals surface area contributed by atoms with E-state index in [2.05, 4.69) is 6.92 Å². The van der Waals surface area contributed by atoms with Crippen molar-refractivity contribution >= 4 is 11.7 Å². The molecule has 29 heavy (non-hydrogen) atoms. The lowest BCUT2D eigenvalue weighted by Gasteiger charge is -2.12. The van der Waals surface area contributed by atoms with Crippen LogP contribution in [0.5, 0.6) is 0 Å². The molecule has 0 saturated heterocycles. The van der Waals surface area contributed by atoms with Crippen LogP contribution in [0.4, 0.5) is 0 Å². The molecule has 0 spiro atoms. The number of Topliss-reactive ketones (excluding diaryl/α,β-unsaturated/α-hetero) is 1. The lowest BCUT2D eigenvalue weighted by Crippen LogP contribution is -2.31. The van der Waals surface area contributed by atoms with Crippen molar-refractivity contribution in [2.75, 3.05) is 0 Å². The Balaban J connectivity index is 2.01. The maximum absolute atomic E-state index is 12.4. The second-order valence-electron chi connectivity index (χ2n) is 8.47. The lowest BCUT2D eigenvalue weighted by molar-refractivity contribution is -0.132. The molecule has 0 radical (unpaired) electrons. The van der Waals surface area contributed by atoms with Crippen molar-refractivity contribution in [3.63, 3.8) is 0 Å². The van der Waals surface area contributed by atoms with Crippen molar-refractivity contribution in [3.8, 4) is 0 Å². The Morgan fingerprint density at radius 3 is 1.62 bits per heavy atom. The molecule has 0 aromatic heterocycles. The Kier molecular flexibility index (Phi) is 15.1. The predicted octanol–water partition coefficient (Wildman–Crippen LogP) is 6.77. The third-order valence-electron chi connectivity index (χ3n) is 5.80. The monoisotopic (exact) mass is 401 g/mol. The summed E-state index contributed by atoms with van der Waals surface area (Å²) in [7, 11) is 0. The highest BCUT2D eigenvalue weighted by atomic mass is 16.2. The fraction of sp³-hybridized carbons (Fsp3) is 0.692. The topological polar surface area (TPSA) is 60.2 Å². The van der Waals surface area contributed by atoms with Crippen LogP contribution in [0.15, 0.2) is 30.3 Å². The minimum absolute atomic E-state index is 0.0432. The van der Waals surface area contributed by atoms with Crippen LogP contribution in [-0.2, 0) is 16.0 Å². The largest absolute Gasteiger partial charge is 0.369 e. The summed E-state index contributed by atoms with van der Waals surface area (Å²) in [5.74, 6) is -1.15. The van der Waals surface area contributed by atoms with Crippen molar-refractivity contribution in [1.82, 2.24) is 0 Å². The highest BCUT2D eigenvalue weighted by Gasteiger charge is 2.23. The van der Waals surface area contributed by atoms with Crippen LogP contribution in [0.3, 0.4) is 0 Å². The van der Waals surface area contributed by atoms with Gasteiger partial charge >= 0.3 is 0 Å². The molecule has 3 nitrogen and oxygen atoms in total. The lowest BCUT2D eigenvalue weighted by atomic mass is 9.92. The minimum Gasteiger partial charge on any atom is -0.369 e. The van der Waals surface area contributed by atoms with Crippen LogP contribution in [-0.4, -0.2) is 11.7 Å². The summed E-state index contributed by atoms with van der Waals surface area (Å²) in [5.41, 5.74) is 6.43. The maximum Gasteiger partial charge on any atom is 0.228 e. The average Bonchev–Trinajstić information content (AvgIpc) is 2.71. The second-order valence-corrected chi connectivity index (χ2v) is 8.47. The molecule has 0 saturated carbocycles. The average molecular weight is 402 g/mol. The van der Waals surface area contributed by atoms with Crippen LogP contribution >= 0.6 is 0 Å². The molecule has 1 unspecified atom stereocenters. The fourth-order valence-corrected chi connectivity index (χ4v) is 3.93. The molecular formula is C26H43NO2. The first-order valence-corrected chi connectivity index (χ1v) is 12.0. The van der Waals surface area contributed by atoms with Crippen LogP contribution in [0.25, 0.3) is 0 Å². The number of hydrogen-bond acceptors (Lipinski definition) is 2. The predicted molar refractivity (Wildman–Crippen MR) is 123 cm³/mol. The summed E-state index contributed by atoms with van der Waals surface area (Å²) in [6, 6.07) is 9.59. The zero-order chi connectivity index (χ0) is 21.2. The SMILES string of the molecule is CCCCCCCCCCCCCCCCC(C(N)=O)C(=O)Cc1ccccc1. The Bertz CT molecular complexity index is 541. The number of nitrogens with two attached hydrogens (primary N) is 1. The van der Waals surface area contributed by atoms with Gasteiger partial charge in [0.1, 0.15) is 5.78 Å². The molecule has 164 valence electrons. The van der Waals surface area contributed by atoms with Crippen molar-refractivity contribution in [2.45, 2.75) is 110 Å². The molecule has 2 N–H and O–H groups in total. The second kappa shape index (κ2) is 17.2. The molecular weight excluding hydrogens is 358 g/mol. The third kappa shape index (κ3) is 13.2. The number of primary amides is 1. The number of ketones is 1. The summed E-state index contributed by atoms with van der Waals surface area (Å²) in [6.45, 7) is 2.27. The van der Waals surface area contributed by atoms with Gasteiger partial charge < -0.3 is 5.73 Å². The summed E-state index contributed by atoms with van der Waals surface area (Å²) >= 11 is 0. The van der Waals surface area contributed by atoms with E-state index in [0.29, 0.717) is 12.8 Å². The van der Waals surface area contributed by atoms with Crippen LogP contribution in [0.2, 0.25) is 0 Å². The number of unbranched alkanes of at least 4 members (excludes halogenated alkanes) is 13. The van der Waals surface area contributed by atoms with Gasteiger partial charge in [0.25, 0.3) is 0 Å². The first-order valence-electron chi connectivity index (χ1n) is 12.0. The number of benzene rings is 1. The van der Waals surface area contributed by atoms with E-state index in [4.69, 9.17) is 5.73 Å². The first kappa shape index (κ1) is 25.4. The highest BCUT2D eigenvalue weighted by molar-refractivity contribution is 6.01. The quantitative estimate of drug-likeness (QED) is 0.205. The Morgan fingerprint density at radius 2 is 1.17 bits per heavy atom. The number of rotatable bonds is 19. The third-order valence-corrected chi connectivity index (χ3v) is 5.80. The summed E-state index contributed by atoms with van der Waals surface area (Å²) in [6.07, 6.45) is 19.1. The van der Waals surface area contributed by atoms with Gasteiger partial charge in [-0.25, -0.2) is 0 Å². The molecule has 1 aromatic rings. The molecule has 1 amide bonds. The molecule has 3 heteroatoms. The number of hydrogen-bond donors (Lipinski definition) is 1. The van der Waals surface area contributed by atoms with Crippen molar-refractivity contribution in [2.24, 2.45) is 11.7 Å². The van der Waals surface area contributed by atoms with E-state index in [1.807, 2.05) is 30.3 Å². The van der Waals surface area contributed by atoms with E-state index in [0.717, 1.165) is 18.4 Å². The van der Waals surface area contributed by atoms with E-state index in [1.54, 1.807) is 0 Å². The molecule has 0 aliphatic carbocycles. The molecule has 0 heterocycles. The Morgan fingerprint density at radius 1 is 0.724 bits per heavy atom. The van der Waals surface area contributed by atoms with Crippen LogP contribution < -0.4 is 5.73 Å². The van der Waals surface area contributed by atoms with E-state index in [9.17, 15) is 9.59 Å². The van der Waals surface area contributed by atoms with Crippen molar-refractivity contribution in [3.05, 3.63) is 35.9 Å². The normalized spacial score (nSPS) is 12.0. The maximum atomic E-state index is 12.4. The van der Waals surface area contributed by atoms with E-state index in [1.165, 1.54) is 77.0 Å². The van der Waals surface area contributed by atoms with Gasteiger partial charge in [-0.05, 0) is 12.0 Å². The number of carbonyl (C=O) groups excluding carboxylic acids is 2. The van der Waals surface area contributed by atoms with Gasteiger partial charge in [-0.1, -0.05) is 127 Å². The molecule has 0 fully saturated rings. The first-order chi connectivity index (χ1) is 14.1. The Labute approximate surface area is 178 Å². The van der Waals surface area contributed by atoms with Gasteiger partial charge in [-0.2, -0.15) is 0 Å². The molecule has 1 rings (SSSR count). The summed E-state index contributed by atoms with van der Waals surface area (Å²) in [5, 5.41) is 0. The van der Waals surface area contributed by atoms with E-state index < -0.39 is 11.8 Å². The Hall–Kier alpha value is -1.64. The van der Waals surface area contributed by atoms with Crippen LogP contribution in [0, 0.1) is 5.92 Å². The van der Waals surface area contributed by atoms with Gasteiger partial charge in [0.15, 0.2) is 0 Å². The smallest absolute Gasteiger partial charge is 0.228 e. The van der Waals surface area contributed by atoms with Gasteiger partial charge in [0.2, 0.25) is 5.91 Å². The zero-order valence-electron chi connectivity index (χ0n) is 18.7. The molecule has 0 aliphatic heterocycles. The van der Waals surface area contributed by atoms with Crippen molar-refractivity contribution < 1.29 is 9.59 Å².